The lowest BCUT2D eigenvalue weighted by Crippen LogP contribution is -2.44. The molecule has 2 unspecified atom stereocenters. The minimum Gasteiger partial charge on any atom is -0.434 e. The summed E-state index contributed by atoms with van der Waals surface area (Å²) in [6.45, 7) is 10.8. The molecule has 1 aliphatic heterocycles. The van der Waals surface area contributed by atoms with Crippen molar-refractivity contribution in [1.29, 1.82) is 0 Å². The molecule has 0 radical (unpaired) electrons. The van der Waals surface area contributed by atoms with Crippen molar-refractivity contribution in [3.63, 3.8) is 0 Å². The van der Waals surface area contributed by atoms with Gasteiger partial charge in [0.1, 0.15) is 10.8 Å². The van der Waals surface area contributed by atoms with Crippen molar-refractivity contribution in [2.75, 3.05) is 13.1 Å². The average Bonchev–Trinajstić information content (AvgIpc) is 3.40. The zero-order valence-electron chi connectivity index (χ0n) is 22.1. The molecule has 1 amide bonds. The zero-order valence-corrected chi connectivity index (χ0v) is 22.9. The number of amides is 1. The van der Waals surface area contributed by atoms with Crippen molar-refractivity contribution in [2.24, 2.45) is 17.3 Å². The van der Waals surface area contributed by atoms with Crippen LogP contribution in [0.15, 0.2) is 24.4 Å². The number of hydrogen-bond donors (Lipinski definition) is 1. The number of hydrogen-bond acceptors (Lipinski definition) is 5. The Bertz CT molecular complexity index is 1060. The van der Waals surface area contributed by atoms with Gasteiger partial charge in [-0.2, -0.15) is 8.78 Å². The Morgan fingerprint density at radius 1 is 1.31 bits per heavy atom. The van der Waals surface area contributed by atoms with Gasteiger partial charge in [0.2, 0.25) is 5.91 Å². The quantitative estimate of drug-likeness (QED) is 0.395. The third-order valence-corrected chi connectivity index (χ3v) is 8.63. The van der Waals surface area contributed by atoms with E-state index in [1.54, 1.807) is 12.1 Å². The number of benzene rings is 1. The van der Waals surface area contributed by atoms with Gasteiger partial charge in [0.25, 0.3) is 0 Å². The second-order valence-electron chi connectivity index (χ2n) is 11.6. The number of ether oxygens (including phenoxy) is 1. The first-order valence-electron chi connectivity index (χ1n) is 13.0. The summed E-state index contributed by atoms with van der Waals surface area (Å²) in [6, 6.07) is 5.21. The van der Waals surface area contributed by atoms with E-state index in [4.69, 9.17) is 4.74 Å². The van der Waals surface area contributed by atoms with Crippen LogP contribution < -0.4 is 10.1 Å². The summed E-state index contributed by atoms with van der Waals surface area (Å²) >= 11 is 1.53. The molecule has 1 aliphatic carbocycles. The number of thiazole rings is 1. The molecule has 5 nitrogen and oxygen atoms in total. The van der Waals surface area contributed by atoms with Crippen molar-refractivity contribution in [1.82, 2.24) is 15.2 Å². The highest BCUT2D eigenvalue weighted by atomic mass is 32.1. The van der Waals surface area contributed by atoms with E-state index in [1.165, 1.54) is 37.5 Å². The predicted molar refractivity (Wildman–Crippen MR) is 140 cm³/mol. The summed E-state index contributed by atoms with van der Waals surface area (Å²) in [5, 5.41) is 3.69. The molecule has 1 aromatic carbocycles. The third-order valence-electron chi connectivity index (χ3n) is 7.61. The summed E-state index contributed by atoms with van der Waals surface area (Å²) < 4.78 is 31.2. The van der Waals surface area contributed by atoms with E-state index in [1.807, 2.05) is 12.3 Å². The van der Waals surface area contributed by atoms with Gasteiger partial charge in [0.05, 0.1) is 11.1 Å². The van der Waals surface area contributed by atoms with Crippen molar-refractivity contribution >= 4 is 17.2 Å². The number of rotatable bonds is 9. The minimum atomic E-state index is -2.92. The highest BCUT2D eigenvalue weighted by Gasteiger charge is 2.45. The summed E-state index contributed by atoms with van der Waals surface area (Å²) in [6.07, 6.45) is 7.24. The summed E-state index contributed by atoms with van der Waals surface area (Å²) in [5.74, 6) is 1.35. The smallest absolute Gasteiger partial charge is 0.387 e. The number of piperidine rings is 1. The molecule has 1 N–H and O–H groups in total. The van der Waals surface area contributed by atoms with E-state index in [0.29, 0.717) is 22.4 Å². The van der Waals surface area contributed by atoms with Crippen LogP contribution in [-0.4, -0.2) is 35.5 Å². The summed E-state index contributed by atoms with van der Waals surface area (Å²) in [5.41, 5.74) is 1.29. The van der Waals surface area contributed by atoms with Crippen LogP contribution in [0.4, 0.5) is 8.78 Å². The van der Waals surface area contributed by atoms with Crippen LogP contribution in [0.1, 0.15) is 77.2 Å². The second kappa shape index (κ2) is 10.7. The molecular weight excluding hydrogens is 480 g/mol. The monoisotopic (exact) mass is 519 g/mol. The number of halogens is 2. The van der Waals surface area contributed by atoms with Gasteiger partial charge in [-0.15, -0.1) is 11.3 Å². The fourth-order valence-corrected chi connectivity index (χ4v) is 6.52. The van der Waals surface area contributed by atoms with Gasteiger partial charge in [0, 0.05) is 37.6 Å². The maximum Gasteiger partial charge on any atom is 0.387 e. The van der Waals surface area contributed by atoms with Gasteiger partial charge in [-0.05, 0) is 60.6 Å². The Morgan fingerprint density at radius 3 is 2.67 bits per heavy atom. The van der Waals surface area contributed by atoms with Crippen LogP contribution in [0.2, 0.25) is 0 Å². The normalized spacial score (nSPS) is 22.0. The van der Waals surface area contributed by atoms with Gasteiger partial charge < -0.3 is 10.1 Å². The highest BCUT2D eigenvalue weighted by molar-refractivity contribution is 7.15. The fourth-order valence-electron chi connectivity index (χ4n) is 5.54. The highest BCUT2D eigenvalue weighted by Crippen LogP contribution is 2.48. The van der Waals surface area contributed by atoms with Crippen LogP contribution in [0.5, 0.6) is 5.75 Å². The molecule has 8 heteroatoms. The van der Waals surface area contributed by atoms with E-state index in [0.717, 1.165) is 42.9 Å². The van der Waals surface area contributed by atoms with Gasteiger partial charge >= 0.3 is 6.61 Å². The zero-order chi connectivity index (χ0) is 26.1. The average molecular weight is 520 g/mol. The van der Waals surface area contributed by atoms with Crippen molar-refractivity contribution in [2.45, 2.75) is 85.4 Å². The van der Waals surface area contributed by atoms with Gasteiger partial charge in [-0.1, -0.05) is 40.2 Å². The Labute approximate surface area is 217 Å². The summed E-state index contributed by atoms with van der Waals surface area (Å²) in [4.78, 5) is 20.0. The number of nitrogens with zero attached hydrogens (tertiary/aromatic N) is 2. The number of nitrogens with one attached hydrogen (secondary N) is 1. The van der Waals surface area contributed by atoms with E-state index in [-0.39, 0.29) is 17.1 Å². The van der Waals surface area contributed by atoms with Crippen molar-refractivity contribution < 1.29 is 18.3 Å². The van der Waals surface area contributed by atoms with Crippen LogP contribution in [-0.2, 0) is 16.9 Å². The Morgan fingerprint density at radius 2 is 2.06 bits per heavy atom. The van der Waals surface area contributed by atoms with Crippen LogP contribution >= 0.6 is 11.3 Å². The minimum absolute atomic E-state index is 0.102. The number of likely N-dealkylation sites (tertiary alicyclic amines) is 1. The molecular formula is C28H39F2N3O2S. The lowest BCUT2D eigenvalue weighted by molar-refractivity contribution is -0.120. The molecule has 2 heterocycles. The van der Waals surface area contributed by atoms with Gasteiger partial charge in [-0.3, -0.25) is 9.69 Å². The molecule has 1 saturated heterocycles. The Kier molecular flexibility index (Phi) is 8.05. The SMILES string of the molecule is CCCC1CC(C(C)(C)C)CN(Cc2cnc(-c3cc(C4(NC(C)=O)CC4)ccc3OC(F)F)s2)C1. The van der Waals surface area contributed by atoms with E-state index < -0.39 is 12.2 Å². The maximum atomic E-state index is 13.2. The maximum absolute atomic E-state index is 13.2. The Hall–Kier alpha value is -2.06. The number of aromatic nitrogens is 1. The molecule has 2 aromatic rings. The van der Waals surface area contributed by atoms with Crippen molar-refractivity contribution in [3.05, 3.63) is 34.8 Å². The third kappa shape index (κ3) is 6.43. The molecule has 36 heavy (non-hydrogen) atoms. The number of alkyl halides is 2. The lowest BCUT2D eigenvalue weighted by Gasteiger charge is -2.43. The number of carbonyl (C=O) groups is 1. The molecule has 1 aromatic heterocycles. The molecule has 0 bridgehead atoms. The van der Waals surface area contributed by atoms with Crippen LogP contribution in [0.25, 0.3) is 10.6 Å². The fraction of sp³-hybridized carbons (Fsp3) is 0.643. The van der Waals surface area contributed by atoms with E-state index >= 15 is 0 Å². The molecule has 2 fully saturated rings. The number of carbonyl (C=O) groups excluding carboxylic acids is 1. The topological polar surface area (TPSA) is 54.5 Å². The van der Waals surface area contributed by atoms with Gasteiger partial charge in [-0.25, -0.2) is 4.98 Å². The lowest BCUT2D eigenvalue weighted by atomic mass is 9.72. The molecule has 2 aliphatic rings. The molecule has 1 saturated carbocycles. The van der Waals surface area contributed by atoms with Gasteiger partial charge in [0.15, 0.2) is 0 Å². The first-order chi connectivity index (χ1) is 17.0. The first-order valence-corrected chi connectivity index (χ1v) is 13.9. The summed E-state index contributed by atoms with van der Waals surface area (Å²) in [7, 11) is 0. The van der Waals surface area contributed by atoms with Crippen LogP contribution in [0, 0.1) is 17.3 Å². The van der Waals surface area contributed by atoms with Crippen molar-refractivity contribution in [3.8, 4) is 16.3 Å². The predicted octanol–water partition coefficient (Wildman–Crippen LogP) is 6.82. The van der Waals surface area contributed by atoms with E-state index in [2.05, 4.69) is 42.9 Å². The first kappa shape index (κ1) is 27.0. The second-order valence-corrected chi connectivity index (χ2v) is 12.7. The largest absolute Gasteiger partial charge is 0.434 e. The molecule has 0 spiro atoms. The Balaban J connectivity index is 1.57. The standard InChI is InChI=1S/C28H39F2N3O2S/c1-6-7-19-12-21(27(3,4)5)16-33(15-19)17-22-14-31-25(36-22)23-13-20(8-9-24(23)35-26(29)30)28(10-11-28)32-18(2)34/h8-9,13-14,19,21,26H,6-7,10-12,15-17H2,1-5H3,(H,32,34). The van der Waals surface area contributed by atoms with Crippen LogP contribution in [0.3, 0.4) is 0 Å². The van der Waals surface area contributed by atoms with E-state index in [9.17, 15) is 13.6 Å². The molecule has 2 atom stereocenters. The molecule has 198 valence electrons. The molecule has 4 rings (SSSR count).